The van der Waals surface area contributed by atoms with E-state index < -0.39 is 0 Å². The Morgan fingerprint density at radius 1 is 1.32 bits per heavy atom. The number of rotatable bonds is 7. The molecule has 1 heterocycles. The molecule has 0 saturated carbocycles. The molecule has 7 nitrogen and oxygen atoms in total. The van der Waals surface area contributed by atoms with Crippen LogP contribution in [0.1, 0.15) is 38.2 Å². The highest BCUT2D eigenvalue weighted by Gasteiger charge is 2.18. The predicted molar refractivity (Wildman–Crippen MR) is 94.9 cm³/mol. The minimum Gasteiger partial charge on any atom is -0.493 e. The van der Waals surface area contributed by atoms with E-state index in [9.17, 15) is 9.59 Å². The summed E-state index contributed by atoms with van der Waals surface area (Å²) in [6, 6.07) is 5.39. The van der Waals surface area contributed by atoms with Crippen molar-refractivity contribution in [1.29, 1.82) is 0 Å². The predicted octanol–water partition coefficient (Wildman–Crippen LogP) is 1.95. The third-order valence-electron chi connectivity index (χ3n) is 3.90. The molecule has 0 aliphatic carbocycles. The Balaban J connectivity index is 1.89. The molecule has 1 saturated heterocycles. The highest BCUT2D eigenvalue weighted by Crippen LogP contribution is 2.27. The van der Waals surface area contributed by atoms with Gasteiger partial charge in [-0.3, -0.25) is 9.59 Å². The number of ether oxygens (including phenoxy) is 2. The summed E-state index contributed by atoms with van der Waals surface area (Å²) in [5.74, 6) is 0.996. The van der Waals surface area contributed by atoms with Crippen LogP contribution in [0.25, 0.3) is 0 Å². The highest BCUT2D eigenvalue weighted by molar-refractivity contribution is 5.86. The Kier molecular flexibility index (Phi) is 7.25. The topological polar surface area (TPSA) is 80.2 Å². The van der Waals surface area contributed by atoms with Gasteiger partial charge < -0.3 is 14.4 Å². The number of benzene rings is 1. The van der Waals surface area contributed by atoms with Gasteiger partial charge >= 0.3 is 0 Å². The summed E-state index contributed by atoms with van der Waals surface area (Å²) in [6.07, 6.45) is 4.91. The van der Waals surface area contributed by atoms with Gasteiger partial charge in [0.1, 0.15) is 6.54 Å². The Morgan fingerprint density at radius 2 is 2.16 bits per heavy atom. The van der Waals surface area contributed by atoms with Crippen molar-refractivity contribution < 1.29 is 19.1 Å². The van der Waals surface area contributed by atoms with Crippen molar-refractivity contribution in [2.24, 2.45) is 5.10 Å². The maximum absolute atomic E-state index is 12.0. The van der Waals surface area contributed by atoms with E-state index in [4.69, 9.17) is 9.47 Å². The third kappa shape index (κ3) is 5.77. The monoisotopic (exact) mass is 347 g/mol. The minimum absolute atomic E-state index is 0.0351. The van der Waals surface area contributed by atoms with Gasteiger partial charge in [-0.1, -0.05) is 6.42 Å². The summed E-state index contributed by atoms with van der Waals surface area (Å²) in [5.41, 5.74) is 3.23. The Morgan fingerprint density at radius 3 is 2.92 bits per heavy atom. The first-order valence-electron chi connectivity index (χ1n) is 8.54. The molecule has 0 aromatic heterocycles. The van der Waals surface area contributed by atoms with Crippen molar-refractivity contribution in [1.82, 2.24) is 10.3 Å². The summed E-state index contributed by atoms with van der Waals surface area (Å²) >= 11 is 0. The van der Waals surface area contributed by atoms with E-state index in [1.54, 1.807) is 24.1 Å². The fourth-order valence-electron chi connectivity index (χ4n) is 2.63. The molecule has 2 rings (SSSR count). The van der Waals surface area contributed by atoms with Gasteiger partial charge in [-0.2, -0.15) is 5.10 Å². The lowest BCUT2D eigenvalue weighted by Gasteiger charge is -2.18. The molecule has 1 aromatic carbocycles. The zero-order valence-electron chi connectivity index (χ0n) is 14.8. The van der Waals surface area contributed by atoms with E-state index in [0.29, 0.717) is 31.1 Å². The van der Waals surface area contributed by atoms with Crippen LogP contribution in [0.4, 0.5) is 0 Å². The van der Waals surface area contributed by atoms with Gasteiger partial charge in [-0.05, 0) is 43.5 Å². The molecule has 7 heteroatoms. The van der Waals surface area contributed by atoms with Gasteiger partial charge in [0, 0.05) is 13.0 Å². The van der Waals surface area contributed by atoms with E-state index in [0.717, 1.165) is 24.8 Å². The van der Waals surface area contributed by atoms with Crippen molar-refractivity contribution in [2.75, 3.05) is 26.8 Å². The van der Waals surface area contributed by atoms with Crippen LogP contribution in [-0.4, -0.2) is 49.7 Å². The van der Waals surface area contributed by atoms with Gasteiger partial charge in [0.2, 0.25) is 5.91 Å². The first-order chi connectivity index (χ1) is 12.1. The lowest BCUT2D eigenvalue weighted by molar-refractivity contribution is -0.135. The number of methoxy groups -OCH3 is 1. The number of nitrogens with zero attached hydrogens (tertiary/aromatic N) is 2. The van der Waals surface area contributed by atoms with Crippen LogP contribution in [0.3, 0.4) is 0 Å². The summed E-state index contributed by atoms with van der Waals surface area (Å²) in [5, 5.41) is 3.95. The van der Waals surface area contributed by atoms with Crippen molar-refractivity contribution in [3.63, 3.8) is 0 Å². The first kappa shape index (κ1) is 18.8. The first-order valence-corrected chi connectivity index (χ1v) is 8.54. The lowest BCUT2D eigenvalue weighted by atomic mass is 10.2. The molecule has 0 radical (unpaired) electrons. The molecule has 1 aliphatic heterocycles. The number of nitrogens with one attached hydrogen (secondary N) is 1. The van der Waals surface area contributed by atoms with E-state index >= 15 is 0 Å². The molecule has 0 spiro atoms. The largest absolute Gasteiger partial charge is 0.493 e. The van der Waals surface area contributed by atoms with Crippen LogP contribution in [-0.2, 0) is 9.59 Å². The van der Waals surface area contributed by atoms with Crippen LogP contribution in [0.15, 0.2) is 23.3 Å². The Bertz CT molecular complexity index is 631. The maximum Gasteiger partial charge on any atom is 0.259 e. The Hall–Kier alpha value is -2.57. The molecule has 0 atom stereocenters. The molecule has 25 heavy (non-hydrogen) atoms. The number of hydrazone groups is 1. The molecule has 1 aromatic rings. The molecule has 1 N–H and O–H groups in total. The van der Waals surface area contributed by atoms with Crippen LogP contribution >= 0.6 is 0 Å². The van der Waals surface area contributed by atoms with Gasteiger partial charge in [-0.15, -0.1) is 0 Å². The molecule has 136 valence electrons. The Labute approximate surface area is 148 Å². The van der Waals surface area contributed by atoms with Gasteiger partial charge in [0.25, 0.3) is 5.91 Å². The highest BCUT2D eigenvalue weighted by atomic mass is 16.5. The molecule has 1 aliphatic rings. The average Bonchev–Trinajstić information content (AvgIpc) is 2.81. The average molecular weight is 347 g/mol. The van der Waals surface area contributed by atoms with E-state index in [-0.39, 0.29) is 18.4 Å². The summed E-state index contributed by atoms with van der Waals surface area (Å²) < 4.78 is 10.7. The number of carbonyl (C=O) groups is 2. The van der Waals surface area contributed by atoms with Crippen molar-refractivity contribution in [2.45, 2.75) is 32.6 Å². The van der Waals surface area contributed by atoms with Crippen LogP contribution in [0, 0.1) is 0 Å². The van der Waals surface area contributed by atoms with Gasteiger partial charge in [-0.25, -0.2) is 5.43 Å². The molecule has 2 amide bonds. The van der Waals surface area contributed by atoms with E-state index in [2.05, 4.69) is 10.5 Å². The smallest absolute Gasteiger partial charge is 0.259 e. The molecule has 1 fully saturated rings. The molecule has 0 unspecified atom stereocenters. The third-order valence-corrected chi connectivity index (χ3v) is 3.90. The van der Waals surface area contributed by atoms with Crippen LogP contribution < -0.4 is 14.9 Å². The maximum atomic E-state index is 12.0. The fourth-order valence-corrected chi connectivity index (χ4v) is 2.63. The van der Waals surface area contributed by atoms with Crippen molar-refractivity contribution >= 4 is 18.0 Å². The number of carbonyl (C=O) groups excluding carboxylic acids is 2. The zero-order chi connectivity index (χ0) is 18.1. The minimum atomic E-state index is -0.301. The SMILES string of the molecule is CCOc1ccc(/C=N\NC(=O)CN2CCCCCC2=O)cc1OC. The van der Waals surface area contributed by atoms with E-state index in [1.165, 1.54) is 6.21 Å². The van der Waals surface area contributed by atoms with Crippen LogP contribution in [0.5, 0.6) is 11.5 Å². The zero-order valence-corrected chi connectivity index (χ0v) is 14.8. The number of amides is 2. The van der Waals surface area contributed by atoms with Crippen molar-refractivity contribution in [3.8, 4) is 11.5 Å². The second-order valence-corrected chi connectivity index (χ2v) is 5.76. The van der Waals surface area contributed by atoms with Gasteiger partial charge in [0.15, 0.2) is 11.5 Å². The second kappa shape index (κ2) is 9.66. The fraction of sp³-hybridized carbons (Fsp3) is 0.500. The second-order valence-electron chi connectivity index (χ2n) is 5.76. The van der Waals surface area contributed by atoms with Crippen LogP contribution in [0.2, 0.25) is 0 Å². The van der Waals surface area contributed by atoms with E-state index in [1.807, 2.05) is 13.0 Å². The summed E-state index contributed by atoms with van der Waals surface area (Å²) in [7, 11) is 1.57. The lowest BCUT2D eigenvalue weighted by Crippen LogP contribution is -2.39. The number of hydrogen-bond donors (Lipinski definition) is 1. The quantitative estimate of drug-likeness (QED) is 0.604. The number of hydrogen-bond acceptors (Lipinski definition) is 5. The molecular formula is C18H25N3O4. The molecule has 0 bridgehead atoms. The summed E-state index contributed by atoms with van der Waals surface area (Å²) in [4.78, 5) is 25.4. The number of likely N-dealkylation sites (tertiary alicyclic amines) is 1. The molecular weight excluding hydrogens is 322 g/mol. The summed E-state index contributed by atoms with van der Waals surface area (Å²) in [6.45, 7) is 3.13. The van der Waals surface area contributed by atoms with Crippen molar-refractivity contribution in [3.05, 3.63) is 23.8 Å². The standard InChI is InChI=1S/C18H25N3O4/c1-3-25-15-9-8-14(11-16(15)24-2)12-19-20-17(22)13-21-10-6-4-5-7-18(21)23/h8-9,11-12H,3-7,10,13H2,1-2H3,(H,20,22)/b19-12-. The normalized spacial score (nSPS) is 15.1. The van der Waals surface area contributed by atoms with Gasteiger partial charge in [0.05, 0.1) is 19.9 Å².